The summed E-state index contributed by atoms with van der Waals surface area (Å²) in [6.07, 6.45) is 5.34. The van der Waals surface area contributed by atoms with E-state index in [4.69, 9.17) is 23.2 Å². The van der Waals surface area contributed by atoms with Crippen molar-refractivity contribution in [3.8, 4) is 0 Å². The second-order valence-corrected chi connectivity index (χ2v) is 13.0. The van der Waals surface area contributed by atoms with E-state index in [0.29, 0.717) is 27.7 Å². The monoisotopic (exact) mass is 631 g/mol. The molecule has 37 heavy (non-hydrogen) atoms. The van der Waals surface area contributed by atoms with E-state index in [9.17, 15) is 18.0 Å². The van der Waals surface area contributed by atoms with Gasteiger partial charge in [-0.3, -0.25) is 13.9 Å². The summed E-state index contributed by atoms with van der Waals surface area (Å²) in [6.45, 7) is 3.24. The van der Waals surface area contributed by atoms with Gasteiger partial charge in [-0.15, -0.1) is 0 Å². The van der Waals surface area contributed by atoms with Crippen LogP contribution in [0.4, 0.5) is 5.69 Å². The van der Waals surface area contributed by atoms with Crippen LogP contribution in [0.2, 0.25) is 10.0 Å². The Hall–Kier alpha value is -1.81. The highest BCUT2D eigenvalue weighted by Gasteiger charge is 2.33. The van der Waals surface area contributed by atoms with Gasteiger partial charge in [0.05, 0.1) is 11.9 Å². The zero-order valence-electron chi connectivity index (χ0n) is 21.1. The number of aryl methyl sites for hydroxylation is 1. The number of halogens is 3. The Bertz CT molecular complexity index is 1250. The lowest BCUT2D eigenvalue weighted by Crippen LogP contribution is -2.53. The van der Waals surface area contributed by atoms with Crippen molar-refractivity contribution in [2.45, 2.75) is 64.6 Å². The number of hydrogen-bond donors (Lipinski definition) is 1. The summed E-state index contributed by atoms with van der Waals surface area (Å²) in [4.78, 5) is 28.6. The quantitative estimate of drug-likeness (QED) is 0.364. The number of nitrogens with one attached hydrogen (secondary N) is 1. The van der Waals surface area contributed by atoms with Crippen LogP contribution in [0, 0.1) is 6.92 Å². The Kier molecular flexibility index (Phi) is 10.3. The summed E-state index contributed by atoms with van der Waals surface area (Å²) >= 11 is 15.9. The third-order valence-electron chi connectivity index (χ3n) is 6.55. The van der Waals surface area contributed by atoms with Gasteiger partial charge in [-0.25, -0.2) is 8.42 Å². The van der Waals surface area contributed by atoms with Gasteiger partial charge in [0.1, 0.15) is 12.6 Å². The molecule has 1 fully saturated rings. The Balaban J connectivity index is 1.96. The number of sulfonamides is 1. The van der Waals surface area contributed by atoms with Crippen LogP contribution in [0.25, 0.3) is 0 Å². The van der Waals surface area contributed by atoms with Crippen LogP contribution >= 0.6 is 39.1 Å². The van der Waals surface area contributed by atoms with Crippen LogP contribution in [0.1, 0.15) is 50.2 Å². The first-order chi connectivity index (χ1) is 17.4. The lowest BCUT2D eigenvalue weighted by molar-refractivity contribution is -0.140. The molecule has 2 aromatic carbocycles. The number of benzene rings is 2. The second kappa shape index (κ2) is 12.8. The van der Waals surface area contributed by atoms with Crippen molar-refractivity contribution in [1.82, 2.24) is 10.2 Å². The Morgan fingerprint density at radius 3 is 2.38 bits per heavy atom. The molecule has 7 nitrogen and oxygen atoms in total. The first kappa shape index (κ1) is 29.7. The Morgan fingerprint density at radius 2 is 1.81 bits per heavy atom. The summed E-state index contributed by atoms with van der Waals surface area (Å²) < 4.78 is 27.4. The molecule has 0 bridgehead atoms. The molecule has 1 atom stereocenters. The van der Waals surface area contributed by atoms with Gasteiger partial charge in [0.15, 0.2) is 0 Å². The minimum Gasteiger partial charge on any atom is -0.352 e. The lowest BCUT2D eigenvalue weighted by atomic mass is 10.1. The van der Waals surface area contributed by atoms with Crippen molar-refractivity contribution < 1.29 is 18.0 Å². The van der Waals surface area contributed by atoms with E-state index in [1.165, 1.54) is 4.90 Å². The molecule has 0 unspecified atom stereocenters. The zero-order chi connectivity index (χ0) is 27.3. The number of amides is 2. The molecule has 1 aliphatic rings. The van der Waals surface area contributed by atoms with Crippen LogP contribution in [0.3, 0.4) is 0 Å². The second-order valence-electron chi connectivity index (χ2n) is 9.37. The fourth-order valence-corrected chi connectivity index (χ4v) is 6.07. The molecule has 1 saturated carbocycles. The molecule has 0 aromatic heterocycles. The standard InChI is InChI=1S/C26H32BrCl2N3O4S/c1-4-24(26(34)30-20-7-5-6-8-20)31(15-18-9-10-19(28)14-23(18)29)25(33)16-32(37(3,35)36)21-11-12-22(27)17(2)13-21/h9-14,20,24H,4-8,15-16H2,1-3H3,(H,30,34)/t24-/m0/s1. The maximum atomic E-state index is 13.8. The molecule has 0 spiro atoms. The van der Waals surface area contributed by atoms with Crippen molar-refractivity contribution in [2.75, 3.05) is 17.1 Å². The highest BCUT2D eigenvalue weighted by atomic mass is 79.9. The predicted molar refractivity (Wildman–Crippen MR) is 153 cm³/mol. The van der Waals surface area contributed by atoms with Crippen LogP contribution in [0.5, 0.6) is 0 Å². The number of hydrogen-bond acceptors (Lipinski definition) is 4. The fourth-order valence-electron chi connectivity index (χ4n) is 4.52. The summed E-state index contributed by atoms with van der Waals surface area (Å²) in [5.74, 6) is -0.760. The van der Waals surface area contributed by atoms with E-state index in [0.717, 1.165) is 46.3 Å². The van der Waals surface area contributed by atoms with Crippen LogP contribution < -0.4 is 9.62 Å². The third-order valence-corrected chi connectivity index (χ3v) is 9.17. The molecular formula is C26H32BrCl2N3O4S. The van der Waals surface area contributed by atoms with Crippen molar-refractivity contribution in [2.24, 2.45) is 0 Å². The summed E-state index contributed by atoms with van der Waals surface area (Å²) in [5.41, 5.74) is 1.80. The largest absolute Gasteiger partial charge is 0.352 e. The zero-order valence-corrected chi connectivity index (χ0v) is 25.1. The summed E-state index contributed by atoms with van der Waals surface area (Å²) in [6, 6.07) is 9.30. The third kappa shape index (κ3) is 7.85. The van der Waals surface area contributed by atoms with Crippen LogP contribution in [-0.4, -0.2) is 50.0 Å². The van der Waals surface area contributed by atoms with Gasteiger partial charge in [-0.05, 0) is 67.6 Å². The van der Waals surface area contributed by atoms with Gasteiger partial charge in [-0.1, -0.05) is 65.0 Å². The van der Waals surface area contributed by atoms with Crippen molar-refractivity contribution in [1.29, 1.82) is 0 Å². The van der Waals surface area contributed by atoms with Crippen molar-refractivity contribution >= 4 is 66.7 Å². The fraction of sp³-hybridized carbons (Fsp3) is 0.462. The molecule has 1 N–H and O–H groups in total. The average Bonchev–Trinajstić information content (AvgIpc) is 3.32. The van der Waals surface area contributed by atoms with Gasteiger partial charge in [-0.2, -0.15) is 0 Å². The normalized spacial score (nSPS) is 14.9. The molecule has 2 aromatic rings. The first-order valence-corrected chi connectivity index (χ1v) is 15.6. The Morgan fingerprint density at radius 1 is 1.14 bits per heavy atom. The molecule has 0 radical (unpaired) electrons. The van der Waals surface area contributed by atoms with Crippen LogP contribution in [-0.2, 0) is 26.2 Å². The van der Waals surface area contributed by atoms with Gasteiger partial charge in [0.25, 0.3) is 0 Å². The van der Waals surface area contributed by atoms with Gasteiger partial charge >= 0.3 is 0 Å². The maximum absolute atomic E-state index is 13.8. The summed E-state index contributed by atoms with van der Waals surface area (Å²) in [7, 11) is -3.81. The number of anilines is 1. The van der Waals surface area contributed by atoms with E-state index in [-0.39, 0.29) is 18.5 Å². The molecule has 2 amide bonds. The van der Waals surface area contributed by atoms with Gasteiger partial charge < -0.3 is 10.2 Å². The number of nitrogens with zero attached hydrogens (tertiary/aromatic N) is 2. The van der Waals surface area contributed by atoms with Gasteiger partial charge in [0, 0.05) is 27.1 Å². The molecule has 0 saturated heterocycles. The number of rotatable bonds is 10. The molecule has 1 aliphatic carbocycles. The minimum absolute atomic E-state index is 0.0302. The molecule has 202 valence electrons. The number of carbonyl (C=O) groups excluding carboxylic acids is 2. The topological polar surface area (TPSA) is 86.8 Å². The molecular weight excluding hydrogens is 601 g/mol. The molecule has 0 heterocycles. The highest BCUT2D eigenvalue weighted by Crippen LogP contribution is 2.27. The average molecular weight is 633 g/mol. The Labute approximate surface area is 237 Å². The SMILES string of the molecule is CC[C@@H](C(=O)NC1CCCC1)N(Cc1ccc(Cl)cc1Cl)C(=O)CN(c1ccc(Br)c(C)c1)S(C)(=O)=O. The van der Waals surface area contributed by atoms with E-state index in [1.54, 1.807) is 36.4 Å². The minimum atomic E-state index is -3.81. The molecule has 3 rings (SSSR count). The lowest BCUT2D eigenvalue weighted by Gasteiger charge is -2.33. The molecule has 11 heteroatoms. The van der Waals surface area contributed by atoms with E-state index >= 15 is 0 Å². The van der Waals surface area contributed by atoms with E-state index < -0.39 is 28.5 Å². The molecule has 0 aliphatic heterocycles. The highest BCUT2D eigenvalue weighted by molar-refractivity contribution is 9.10. The smallest absolute Gasteiger partial charge is 0.244 e. The van der Waals surface area contributed by atoms with Gasteiger partial charge in [0.2, 0.25) is 21.8 Å². The van der Waals surface area contributed by atoms with Crippen molar-refractivity contribution in [3.05, 3.63) is 62.0 Å². The summed E-state index contributed by atoms with van der Waals surface area (Å²) in [5, 5.41) is 3.89. The van der Waals surface area contributed by atoms with Crippen LogP contribution in [0.15, 0.2) is 40.9 Å². The van der Waals surface area contributed by atoms with E-state index in [1.807, 2.05) is 13.8 Å². The first-order valence-electron chi connectivity index (χ1n) is 12.2. The predicted octanol–water partition coefficient (Wildman–Crippen LogP) is 5.70. The maximum Gasteiger partial charge on any atom is 0.244 e. The van der Waals surface area contributed by atoms with Crippen molar-refractivity contribution in [3.63, 3.8) is 0 Å². The van der Waals surface area contributed by atoms with E-state index in [2.05, 4.69) is 21.2 Å². The number of carbonyl (C=O) groups is 2.